The van der Waals surface area contributed by atoms with Crippen LogP contribution in [0.5, 0.6) is 0 Å². The molecule has 0 amide bonds. The number of para-hydroxylation sites is 1. The lowest BCUT2D eigenvalue weighted by atomic mass is 10.1. The molecule has 1 N–H and O–H groups in total. The molecule has 102 valence electrons. The summed E-state index contributed by atoms with van der Waals surface area (Å²) in [6.45, 7) is 6.48. The van der Waals surface area contributed by atoms with Crippen molar-refractivity contribution >= 4 is 5.69 Å². The summed E-state index contributed by atoms with van der Waals surface area (Å²) >= 11 is 0. The molecule has 0 radical (unpaired) electrons. The largest absolute Gasteiger partial charge is 0.371 e. The Balaban J connectivity index is 2.05. The average Bonchev–Trinajstić information content (AvgIpc) is 2.98. The van der Waals surface area contributed by atoms with Gasteiger partial charge in [0.1, 0.15) is 0 Å². The van der Waals surface area contributed by atoms with Crippen molar-refractivity contribution < 1.29 is 0 Å². The first kappa shape index (κ1) is 13.6. The molecule has 1 unspecified atom stereocenters. The molecule has 0 aliphatic carbocycles. The Labute approximate surface area is 114 Å². The molecule has 2 rings (SSSR count). The first-order valence-corrected chi connectivity index (χ1v) is 6.97. The molecule has 1 heterocycles. The first-order chi connectivity index (χ1) is 9.31. The van der Waals surface area contributed by atoms with Crippen LogP contribution in [-0.2, 0) is 0 Å². The fourth-order valence-corrected chi connectivity index (χ4v) is 2.19. The molecule has 4 heteroatoms. The van der Waals surface area contributed by atoms with Gasteiger partial charge in [-0.15, -0.1) is 0 Å². The molecule has 0 saturated carbocycles. The van der Waals surface area contributed by atoms with Gasteiger partial charge in [-0.2, -0.15) is 15.4 Å². The Morgan fingerprint density at radius 1 is 1.26 bits per heavy atom. The van der Waals surface area contributed by atoms with Crippen LogP contribution in [0.3, 0.4) is 0 Å². The summed E-state index contributed by atoms with van der Waals surface area (Å²) in [6, 6.07) is 10.6. The highest BCUT2D eigenvalue weighted by Gasteiger charge is 2.14. The normalized spacial score (nSPS) is 12.3. The maximum absolute atomic E-state index is 4.18. The quantitative estimate of drug-likeness (QED) is 0.829. The first-order valence-electron chi connectivity index (χ1n) is 6.97. The third-order valence-electron chi connectivity index (χ3n) is 3.34. The van der Waals surface area contributed by atoms with Gasteiger partial charge in [-0.05, 0) is 18.6 Å². The van der Waals surface area contributed by atoms with E-state index in [2.05, 4.69) is 64.5 Å². The molecule has 0 saturated heterocycles. The molecule has 2 aromatic rings. The van der Waals surface area contributed by atoms with Crippen LogP contribution >= 0.6 is 0 Å². The van der Waals surface area contributed by atoms with Crippen LogP contribution in [-0.4, -0.2) is 28.5 Å². The van der Waals surface area contributed by atoms with E-state index in [9.17, 15) is 0 Å². The van der Waals surface area contributed by atoms with E-state index in [1.807, 2.05) is 6.20 Å². The zero-order chi connectivity index (χ0) is 13.5. The van der Waals surface area contributed by atoms with Crippen molar-refractivity contribution in [3.05, 3.63) is 42.2 Å². The van der Waals surface area contributed by atoms with Crippen LogP contribution in [0.15, 0.2) is 36.5 Å². The number of H-pyrrole nitrogens is 1. The predicted molar refractivity (Wildman–Crippen MR) is 78.4 cm³/mol. The van der Waals surface area contributed by atoms with Crippen molar-refractivity contribution in [1.82, 2.24) is 15.4 Å². The molecule has 4 nitrogen and oxygen atoms in total. The molecule has 19 heavy (non-hydrogen) atoms. The second-order valence-corrected chi connectivity index (χ2v) is 4.93. The van der Waals surface area contributed by atoms with Gasteiger partial charge in [0.25, 0.3) is 0 Å². The minimum atomic E-state index is 0.371. The highest BCUT2D eigenvalue weighted by Crippen LogP contribution is 2.19. The Morgan fingerprint density at radius 3 is 2.68 bits per heavy atom. The van der Waals surface area contributed by atoms with E-state index in [0.717, 1.165) is 18.8 Å². The lowest BCUT2D eigenvalue weighted by Gasteiger charge is -2.27. The molecule has 0 bridgehead atoms. The number of nitrogens with one attached hydrogen (secondary N) is 1. The minimum Gasteiger partial charge on any atom is -0.371 e. The van der Waals surface area contributed by atoms with Crippen LogP contribution in [0.1, 0.15) is 38.3 Å². The summed E-state index contributed by atoms with van der Waals surface area (Å²) < 4.78 is 0. The highest BCUT2D eigenvalue weighted by molar-refractivity contribution is 5.46. The summed E-state index contributed by atoms with van der Waals surface area (Å²) in [5.41, 5.74) is 2.31. The maximum atomic E-state index is 4.18. The molecule has 0 fully saturated rings. The van der Waals surface area contributed by atoms with Crippen molar-refractivity contribution in [1.29, 1.82) is 0 Å². The van der Waals surface area contributed by atoms with Crippen molar-refractivity contribution in [3.8, 4) is 0 Å². The fourth-order valence-electron chi connectivity index (χ4n) is 2.19. The van der Waals surface area contributed by atoms with Gasteiger partial charge in [-0.3, -0.25) is 0 Å². The summed E-state index contributed by atoms with van der Waals surface area (Å²) in [7, 11) is 0. The monoisotopic (exact) mass is 258 g/mol. The Kier molecular flexibility index (Phi) is 4.95. The molecule has 1 aromatic heterocycles. The van der Waals surface area contributed by atoms with Crippen LogP contribution in [0, 0.1) is 0 Å². The molecule has 0 aliphatic heterocycles. The summed E-state index contributed by atoms with van der Waals surface area (Å²) in [6.07, 6.45) is 4.23. The number of benzene rings is 1. The number of hydrogen-bond donors (Lipinski definition) is 1. The van der Waals surface area contributed by atoms with E-state index >= 15 is 0 Å². The third kappa shape index (κ3) is 3.81. The van der Waals surface area contributed by atoms with E-state index in [4.69, 9.17) is 0 Å². The van der Waals surface area contributed by atoms with Gasteiger partial charge >= 0.3 is 0 Å². The van der Waals surface area contributed by atoms with E-state index in [0.29, 0.717) is 5.92 Å². The smallest absolute Gasteiger partial charge is 0.0870 e. The fraction of sp³-hybridized carbons (Fsp3) is 0.467. The Hall–Kier alpha value is -1.84. The minimum absolute atomic E-state index is 0.371. The Bertz CT molecular complexity index is 452. The van der Waals surface area contributed by atoms with Gasteiger partial charge in [-0.1, -0.05) is 38.5 Å². The highest BCUT2D eigenvalue weighted by atomic mass is 15.3. The SMILES string of the molecule is CCCCN(CC(C)c1cn[nH]n1)c1ccccc1. The van der Waals surface area contributed by atoms with Crippen LogP contribution < -0.4 is 4.90 Å². The van der Waals surface area contributed by atoms with Crippen LogP contribution in [0.4, 0.5) is 5.69 Å². The lowest BCUT2D eigenvalue weighted by molar-refractivity contribution is 0.645. The summed E-state index contributed by atoms with van der Waals surface area (Å²) in [5, 5.41) is 10.8. The number of aromatic amines is 1. The number of rotatable bonds is 7. The molecule has 1 aromatic carbocycles. The molecule has 0 spiro atoms. The average molecular weight is 258 g/mol. The van der Waals surface area contributed by atoms with Gasteiger partial charge < -0.3 is 4.90 Å². The van der Waals surface area contributed by atoms with Gasteiger partial charge in [0.05, 0.1) is 11.9 Å². The second kappa shape index (κ2) is 6.92. The number of aromatic nitrogens is 3. The molecule has 1 atom stereocenters. The van der Waals surface area contributed by atoms with E-state index in [-0.39, 0.29) is 0 Å². The van der Waals surface area contributed by atoms with E-state index in [1.54, 1.807) is 0 Å². The van der Waals surface area contributed by atoms with Crippen molar-refractivity contribution in [2.24, 2.45) is 0 Å². The zero-order valence-electron chi connectivity index (χ0n) is 11.7. The van der Waals surface area contributed by atoms with Crippen LogP contribution in [0.2, 0.25) is 0 Å². The lowest BCUT2D eigenvalue weighted by Crippen LogP contribution is -2.28. The third-order valence-corrected chi connectivity index (χ3v) is 3.34. The number of unbranched alkanes of at least 4 members (excludes halogenated alkanes) is 1. The Morgan fingerprint density at radius 2 is 2.05 bits per heavy atom. The topological polar surface area (TPSA) is 44.8 Å². The second-order valence-electron chi connectivity index (χ2n) is 4.93. The predicted octanol–water partition coefficient (Wildman–Crippen LogP) is 3.21. The molecule has 0 aliphatic rings. The number of hydrogen-bond acceptors (Lipinski definition) is 3. The van der Waals surface area contributed by atoms with E-state index < -0.39 is 0 Å². The molecular weight excluding hydrogens is 236 g/mol. The zero-order valence-corrected chi connectivity index (χ0v) is 11.7. The summed E-state index contributed by atoms with van der Waals surface area (Å²) in [4.78, 5) is 2.43. The van der Waals surface area contributed by atoms with Crippen LogP contribution in [0.25, 0.3) is 0 Å². The van der Waals surface area contributed by atoms with Gasteiger partial charge in [0.2, 0.25) is 0 Å². The van der Waals surface area contributed by atoms with E-state index in [1.165, 1.54) is 18.5 Å². The van der Waals surface area contributed by atoms with Crippen molar-refractivity contribution in [2.75, 3.05) is 18.0 Å². The van der Waals surface area contributed by atoms with Gasteiger partial charge in [-0.25, -0.2) is 0 Å². The van der Waals surface area contributed by atoms with Gasteiger partial charge in [0.15, 0.2) is 0 Å². The van der Waals surface area contributed by atoms with Crippen molar-refractivity contribution in [3.63, 3.8) is 0 Å². The number of anilines is 1. The van der Waals surface area contributed by atoms with Gasteiger partial charge in [0, 0.05) is 24.7 Å². The van der Waals surface area contributed by atoms with Crippen molar-refractivity contribution in [2.45, 2.75) is 32.6 Å². The molecular formula is C15H22N4. The standard InChI is InChI=1S/C15H22N4/c1-3-4-10-19(14-8-6-5-7-9-14)12-13(2)15-11-16-18-17-15/h5-9,11,13H,3-4,10,12H2,1-2H3,(H,16,17,18). The maximum Gasteiger partial charge on any atom is 0.0870 e. The summed E-state index contributed by atoms with van der Waals surface area (Å²) in [5.74, 6) is 0.371. The number of nitrogens with zero attached hydrogens (tertiary/aromatic N) is 3.